The molecule has 0 bridgehead atoms. The molecule has 0 amide bonds. The molecule has 0 aliphatic heterocycles. The molecule has 4 heteroatoms. The quantitative estimate of drug-likeness (QED) is 0.180. The summed E-state index contributed by atoms with van der Waals surface area (Å²) < 4.78 is 9.12. The van der Waals surface area contributed by atoms with E-state index in [0.717, 1.165) is 19.3 Å². The fraction of sp³-hybridized carbons (Fsp3) is 0.700. The predicted octanol–water partition coefficient (Wildman–Crippen LogP) is 5.13. The number of unbranched alkanes of at least 4 members (excludes halogenated alkanes) is 10. The summed E-state index contributed by atoms with van der Waals surface area (Å²) in [6.07, 6.45) is 21.0. The van der Waals surface area contributed by atoms with Crippen molar-refractivity contribution in [2.75, 3.05) is 14.2 Å². The zero-order chi connectivity index (χ0) is 17.9. The van der Waals surface area contributed by atoms with Gasteiger partial charge < -0.3 is 9.47 Å². The van der Waals surface area contributed by atoms with Crippen LogP contribution in [-0.2, 0) is 19.1 Å². The van der Waals surface area contributed by atoms with Crippen LogP contribution in [0.5, 0.6) is 0 Å². The number of hydrogen-bond donors (Lipinski definition) is 0. The molecule has 0 aliphatic carbocycles. The van der Waals surface area contributed by atoms with Gasteiger partial charge in [0.15, 0.2) is 0 Å². The number of allylic oxidation sites excluding steroid dienone is 3. The van der Waals surface area contributed by atoms with Crippen LogP contribution >= 0.6 is 0 Å². The van der Waals surface area contributed by atoms with Crippen molar-refractivity contribution in [2.24, 2.45) is 0 Å². The second-order valence-electron chi connectivity index (χ2n) is 5.96. The van der Waals surface area contributed by atoms with E-state index in [4.69, 9.17) is 0 Å². The van der Waals surface area contributed by atoms with Gasteiger partial charge in [-0.1, -0.05) is 69.6 Å². The molecule has 0 aliphatic rings. The van der Waals surface area contributed by atoms with Crippen LogP contribution in [0.15, 0.2) is 24.3 Å². The average molecular weight is 338 g/mol. The molecular weight excluding hydrogens is 304 g/mol. The molecule has 0 saturated heterocycles. The molecule has 0 N–H and O–H groups in total. The second-order valence-corrected chi connectivity index (χ2v) is 5.96. The molecule has 0 aromatic heterocycles. The fourth-order valence-electron chi connectivity index (χ4n) is 2.42. The first-order chi connectivity index (χ1) is 11.7. The normalized spacial score (nSPS) is 11.2. The van der Waals surface area contributed by atoms with Crippen molar-refractivity contribution in [2.45, 2.75) is 77.0 Å². The van der Waals surface area contributed by atoms with Crippen LogP contribution in [0.3, 0.4) is 0 Å². The summed E-state index contributed by atoms with van der Waals surface area (Å²) in [5, 5.41) is 0. The standard InChI is InChI=1S/C20H34O4/c1-23-19(21)17-15-13-11-9-7-5-3-4-6-8-10-12-14-16-18-20(22)24-2/h11,13,15,17H,3-10,12,14,16,18H2,1-2H3. The van der Waals surface area contributed by atoms with E-state index in [1.807, 2.05) is 6.08 Å². The molecule has 0 unspecified atom stereocenters. The maximum absolute atomic E-state index is 10.9. The second kappa shape index (κ2) is 17.8. The topological polar surface area (TPSA) is 52.6 Å². The van der Waals surface area contributed by atoms with E-state index in [1.54, 1.807) is 6.08 Å². The van der Waals surface area contributed by atoms with Crippen LogP contribution in [0.1, 0.15) is 77.0 Å². The van der Waals surface area contributed by atoms with Gasteiger partial charge in [-0.05, 0) is 19.3 Å². The summed E-state index contributed by atoms with van der Waals surface area (Å²) >= 11 is 0. The first kappa shape index (κ1) is 22.4. The van der Waals surface area contributed by atoms with Gasteiger partial charge in [0.05, 0.1) is 14.2 Å². The summed E-state index contributed by atoms with van der Waals surface area (Å²) in [5.74, 6) is -0.410. The lowest BCUT2D eigenvalue weighted by atomic mass is 10.1. The number of hydrogen-bond acceptors (Lipinski definition) is 4. The molecule has 0 atom stereocenters. The Balaban J connectivity index is 3.20. The van der Waals surface area contributed by atoms with Gasteiger partial charge in [-0.25, -0.2) is 4.79 Å². The Labute approximate surface area is 147 Å². The summed E-state index contributed by atoms with van der Waals surface area (Å²) in [6.45, 7) is 0. The molecule has 0 saturated carbocycles. The lowest BCUT2D eigenvalue weighted by Crippen LogP contribution is -1.99. The highest BCUT2D eigenvalue weighted by Gasteiger charge is 1.99. The first-order valence-electron chi connectivity index (χ1n) is 9.18. The van der Waals surface area contributed by atoms with Crippen molar-refractivity contribution in [1.29, 1.82) is 0 Å². The van der Waals surface area contributed by atoms with E-state index in [1.165, 1.54) is 71.7 Å². The van der Waals surface area contributed by atoms with Crippen molar-refractivity contribution >= 4 is 11.9 Å². The summed E-state index contributed by atoms with van der Waals surface area (Å²) in [5.41, 5.74) is 0. The number of carbonyl (C=O) groups excluding carboxylic acids is 2. The van der Waals surface area contributed by atoms with Crippen molar-refractivity contribution in [3.8, 4) is 0 Å². The van der Waals surface area contributed by atoms with Gasteiger partial charge in [0.1, 0.15) is 0 Å². The van der Waals surface area contributed by atoms with Crippen LogP contribution in [0.2, 0.25) is 0 Å². The lowest BCUT2D eigenvalue weighted by molar-refractivity contribution is -0.140. The van der Waals surface area contributed by atoms with E-state index < -0.39 is 0 Å². The van der Waals surface area contributed by atoms with E-state index in [9.17, 15) is 9.59 Å². The van der Waals surface area contributed by atoms with Gasteiger partial charge in [0, 0.05) is 12.5 Å². The summed E-state index contributed by atoms with van der Waals surface area (Å²) in [4.78, 5) is 21.8. The van der Waals surface area contributed by atoms with Crippen molar-refractivity contribution in [3.63, 3.8) is 0 Å². The smallest absolute Gasteiger partial charge is 0.330 e. The number of rotatable bonds is 15. The highest BCUT2D eigenvalue weighted by molar-refractivity contribution is 5.82. The van der Waals surface area contributed by atoms with Gasteiger partial charge in [-0.3, -0.25) is 4.79 Å². The lowest BCUT2D eigenvalue weighted by Gasteiger charge is -2.02. The van der Waals surface area contributed by atoms with E-state index >= 15 is 0 Å². The number of methoxy groups -OCH3 is 2. The van der Waals surface area contributed by atoms with Gasteiger partial charge in [0.2, 0.25) is 0 Å². The SMILES string of the molecule is COC(=O)C=CC=CCCCCCCCCCCCCC(=O)OC. The van der Waals surface area contributed by atoms with Gasteiger partial charge in [-0.15, -0.1) is 0 Å². The fourth-order valence-corrected chi connectivity index (χ4v) is 2.42. The zero-order valence-electron chi connectivity index (χ0n) is 15.4. The molecule has 0 heterocycles. The molecule has 0 rings (SSSR count). The maximum Gasteiger partial charge on any atom is 0.330 e. The van der Waals surface area contributed by atoms with Gasteiger partial charge in [-0.2, -0.15) is 0 Å². The maximum atomic E-state index is 10.9. The van der Waals surface area contributed by atoms with Crippen molar-refractivity contribution < 1.29 is 19.1 Å². The highest BCUT2D eigenvalue weighted by atomic mass is 16.5. The van der Waals surface area contributed by atoms with E-state index in [-0.39, 0.29) is 11.9 Å². The highest BCUT2D eigenvalue weighted by Crippen LogP contribution is 2.12. The van der Waals surface area contributed by atoms with Crippen molar-refractivity contribution in [3.05, 3.63) is 24.3 Å². The van der Waals surface area contributed by atoms with Crippen LogP contribution in [-0.4, -0.2) is 26.2 Å². The van der Waals surface area contributed by atoms with E-state index in [2.05, 4.69) is 15.5 Å². The predicted molar refractivity (Wildman–Crippen MR) is 97.7 cm³/mol. The van der Waals surface area contributed by atoms with Gasteiger partial charge in [0.25, 0.3) is 0 Å². The number of carbonyl (C=O) groups is 2. The zero-order valence-corrected chi connectivity index (χ0v) is 15.4. The first-order valence-corrected chi connectivity index (χ1v) is 9.18. The minimum Gasteiger partial charge on any atom is -0.469 e. The molecule has 0 aromatic carbocycles. The van der Waals surface area contributed by atoms with Crippen LogP contribution in [0.4, 0.5) is 0 Å². The van der Waals surface area contributed by atoms with Crippen LogP contribution < -0.4 is 0 Å². The Morgan fingerprint density at radius 3 is 1.79 bits per heavy atom. The molecule has 4 nitrogen and oxygen atoms in total. The minimum atomic E-state index is -0.317. The number of ether oxygens (including phenoxy) is 2. The molecule has 138 valence electrons. The van der Waals surface area contributed by atoms with Crippen molar-refractivity contribution in [1.82, 2.24) is 0 Å². The van der Waals surface area contributed by atoms with Crippen LogP contribution in [0, 0.1) is 0 Å². The van der Waals surface area contributed by atoms with Gasteiger partial charge >= 0.3 is 11.9 Å². The third kappa shape index (κ3) is 16.8. The third-order valence-corrected chi connectivity index (χ3v) is 3.91. The Bertz CT molecular complexity index is 372. The van der Waals surface area contributed by atoms with Crippen LogP contribution in [0.25, 0.3) is 0 Å². The Hall–Kier alpha value is -1.58. The monoisotopic (exact) mass is 338 g/mol. The Morgan fingerprint density at radius 1 is 0.708 bits per heavy atom. The molecule has 0 fully saturated rings. The molecule has 0 spiro atoms. The molecule has 0 radical (unpaired) electrons. The Kier molecular flexibility index (Phi) is 16.6. The Morgan fingerprint density at radius 2 is 1.25 bits per heavy atom. The van der Waals surface area contributed by atoms with E-state index in [0.29, 0.717) is 6.42 Å². The molecular formula is C20H34O4. The largest absolute Gasteiger partial charge is 0.469 e. The molecule has 0 aromatic rings. The minimum absolute atomic E-state index is 0.0932. The number of esters is 2. The molecule has 24 heavy (non-hydrogen) atoms. The summed E-state index contributed by atoms with van der Waals surface area (Å²) in [6, 6.07) is 0. The average Bonchev–Trinajstić information content (AvgIpc) is 2.60. The third-order valence-electron chi connectivity index (χ3n) is 3.91. The summed E-state index contributed by atoms with van der Waals surface area (Å²) in [7, 11) is 2.82.